The van der Waals surface area contributed by atoms with Gasteiger partial charge in [0.2, 0.25) is 0 Å². The molecular formula is C60H62N2O8. The number of rotatable bonds is 9. The van der Waals surface area contributed by atoms with Gasteiger partial charge in [-0.05, 0) is 179 Å². The van der Waals surface area contributed by atoms with Gasteiger partial charge in [-0.25, -0.2) is 9.59 Å². The van der Waals surface area contributed by atoms with Crippen molar-refractivity contribution in [2.24, 2.45) is 0 Å². The minimum absolute atomic E-state index is 0.281. The summed E-state index contributed by atoms with van der Waals surface area (Å²) in [4.78, 5) is 35.7. The standard InChI is InChI=1S/C31H33NO4.C29H29NO4/c1-7-34-30(33)29(36-31(4,5)6)25-19(3)18(2)21-10-8-9-11-22(21)27(25)23-12-13-24-26-20(15-17-35-24)14-16-32-28(23)26;1-16-17(2)23(27(28(31)32)34-29(3,4)5)25(20-9-7-6-8-19(16)20)21-10-11-22-24-18(13-15-33-22)12-14-30-26(21)24/h8-14,16,29H,7,15,17H2,1-6H3;6-12,14,27H,13,15H2,1-5H3,(H,31,32)/t29-;27-/m00/s1. The molecule has 2 atom stereocenters. The smallest absolute Gasteiger partial charge is 0.339 e. The number of carbonyl (C=O) groups excluding carboxylic acids is 1. The van der Waals surface area contributed by atoms with Crippen molar-refractivity contribution in [1.82, 2.24) is 9.97 Å². The Morgan fingerprint density at radius 3 is 1.41 bits per heavy atom. The molecule has 10 rings (SSSR count). The molecule has 0 unspecified atom stereocenters. The third kappa shape index (κ3) is 8.84. The van der Waals surface area contributed by atoms with Crippen molar-refractivity contribution >= 4 is 55.3 Å². The Labute approximate surface area is 409 Å². The quantitative estimate of drug-likeness (QED) is 0.140. The van der Waals surface area contributed by atoms with Crippen LogP contribution in [0.3, 0.4) is 0 Å². The number of pyridine rings is 2. The first-order chi connectivity index (χ1) is 33.4. The number of ether oxygens (including phenoxy) is 5. The summed E-state index contributed by atoms with van der Waals surface area (Å²) in [6.45, 7) is 23.1. The highest BCUT2D eigenvalue weighted by molar-refractivity contribution is 6.11. The summed E-state index contributed by atoms with van der Waals surface area (Å²) in [5.41, 5.74) is 12.2. The number of hydrogen-bond donors (Lipinski definition) is 1. The second-order valence-electron chi connectivity index (χ2n) is 20.3. The minimum atomic E-state index is -1.12. The highest BCUT2D eigenvalue weighted by Gasteiger charge is 2.36. The predicted octanol–water partition coefficient (Wildman–Crippen LogP) is 13.6. The first-order valence-corrected chi connectivity index (χ1v) is 24.2. The Balaban J connectivity index is 0.000000174. The van der Waals surface area contributed by atoms with Crippen molar-refractivity contribution in [3.8, 4) is 33.8 Å². The number of hydrogen-bond acceptors (Lipinski definition) is 9. The van der Waals surface area contributed by atoms with Gasteiger partial charge in [-0.1, -0.05) is 48.5 Å². The summed E-state index contributed by atoms with van der Waals surface area (Å²) in [6.07, 6.45) is 3.36. The van der Waals surface area contributed by atoms with Gasteiger partial charge < -0.3 is 28.8 Å². The Bertz CT molecular complexity index is 3360. The van der Waals surface area contributed by atoms with E-state index in [0.29, 0.717) is 18.8 Å². The molecule has 360 valence electrons. The lowest BCUT2D eigenvalue weighted by Crippen LogP contribution is -2.30. The fourth-order valence-electron chi connectivity index (χ4n) is 10.4. The molecule has 70 heavy (non-hydrogen) atoms. The molecule has 0 fully saturated rings. The summed E-state index contributed by atoms with van der Waals surface area (Å²) in [7, 11) is 0. The number of aryl methyl sites for hydroxylation is 2. The largest absolute Gasteiger partial charge is 0.493 e. The van der Waals surface area contributed by atoms with Gasteiger partial charge in [0.25, 0.3) is 0 Å². The number of aliphatic carboxylic acids is 1. The molecule has 0 saturated heterocycles. The van der Waals surface area contributed by atoms with Crippen LogP contribution in [0.1, 0.15) is 105 Å². The fourth-order valence-corrected chi connectivity index (χ4v) is 10.4. The lowest BCUT2D eigenvalue weighted by atomic mass is 9.83. The van der Waals surface area contributed by atoms with Gasteiger partial charge in [-0.2, -0.15) is 0 Å². The number of fused-ring (bicyclic) bond motifs is 2. The van der Waals surface area contributed by atoms with Crippen molar-refractivity contribution in [2.75, 3.05) is 19.8 Å². The Hall–Kier alpha value is -6.88. The monoisotopic (exact) mass is 938 g/mol. The maximum absolute atomic E-state index is 13.4. The van der Waals surface area contributed by atoms with E-state index >= 15 is 0 Å². The van der Waals surface area contributed by atoms with E-state index in [0.717, 1.165) is 118 Å². The van der Waals surface area contributed by atoms with Crippen LogP contribution in [0.5, 0.6) is 11.5 Å². The lowest BCUT2D eigenvalue weighted by molar-refractivity contribution is -0.166. The topological polar surface area (TPSA) is 126 Å². The van der Waals surface area contributed by atoms with Crippen molar-refractivity contribution in [1.29, 1.82) is 0 Å². The summed E-state index contributed by atoms with van der Waals surface area (Å²) in [5, 5.41) is 16.7. The average Bonchev–Trinajstić information content (AvgIpc) is 3.33. The van der Waals surface area contributed by atoms with E-state index in [1.54, 1.807) is 0 Å². The van der Waals surface area contributed by atoms with Gasteiger partial charge in [-0.15, -0.1) is 0 Å². The molecule has 8 aromatic rings. The van der Waals surface area contributed by atoms with Gasteiger partial charge >= 0.3 is 11.9 Å². The van der Waals surface area contributed by atoms with Crippen LogP contribution in [0.25, 0.3) is 65.6 Å². The second-order valence-corrected chi connectivity index (χ2v) is 20.3. The van der Waals surface area contributed by atoms with E-state index in [4.69, 9.17) is 33.7 Å². The van der Waals surface area contributed by atoms with Crippen LogP contribution >= 0.6 is 0 Å². The molecule has 0 amide bonds. The van der Waals surface area contributed by atoms with Gasteiger partial charge in [0.1, 0.15) is 11.5 Å². The molecule has 2 aliphatic rings. The SMILES string of the molecule is CCOC(=O)[C@@H](OC(C)(C)C)c1c(C)c(C)c2ccccc2c1-c1ccc2c3c(ccnc13)CCO2.Cc1c([C@H](OC(C)(C)C)C(=O)O)c(-c2ccc3c4c(ccnc24)CCO3)c2ccccc2c1C. The molecule has 0 saturated carbocycles. The molecule has 4 heterocycles. The number of aromatic nitrogens is 2. The summed E-state index contributed by atoms with van der Waals surface area (Å²) >= 11 is 0. The zero-order valence-corrected chi connectivity index (χ0v) is 42.1. The normalized spacial score (nSPS) is 14.2. The molecule has 1 N–H and O–H groups in total. The Kier molecular flexibility index (Phi) is 12.9. The van der Waals surface area contributed by atoms with E-state index < -0.39 is 29.4 Å². The van der Waals surface area contributed by atoms with E-state index in [2.05, 4.69) is 56.3 Å². The zero-order chi connectivity index (χ0) is 49.8. The molecule has 0 aliphatic carbocycles. The number of carboxylic acids is 1. The maximum Gasteiger partial charge on any atom is 0.339 e. The molecular weight excluding hydrogens is 877 g/mol. The van der Waals surface area contributed by atoms with Crippen molar-refractivity contribution < 1.29 is 38.4 Å². The van der Waals surface area contributed by atoms with E-state index in [1.807, 2.05) is 117 Å². The number of carbonyl (C=O) groups is 2. The third-order valence-corrected chi connectivity index (χ3v) is 13.5. The molecule has 0 spiro atoms. The second kappa shape index (κ2) is 18.8. The molecule has 2 aliphatic heterocycles. The third-order valence-electron chi connectivity index (χ3n) is 13.5. The molecule has 6 aromatic carbocycles. The first kappa shape index (κ1) is 48.2. The van der Waals surface area contributed by atoms with Crippen molar-refractivity contribution in [3.63, 3.8) is 0 Å². The molecule has 2 aromatic heterocycles. The fraction of sp³-hybridized carbons (Fsp3) is 0.333. The highest BCUT2D eigenvalue weighted by atomic mass is 16.6. The van der Waals surface area contributed by atoms with Gasteiger partial charge in [0.05, 0.1) is 42.1 Å². The summed E-state index contributed by atoms with van der Waals surface area (Å²) in [6, 6.07) is 28.7. The van der Waals surface area contributed by atoms with E-state index in [1.165, 1.54) is 11.1 Å². The van der Waals surface area contributed by atoms with Crippen molar-refractivity contribution in [2.45, 2.75) is 112 Å². The van der Waals surface area contributed by atoms with Crippen LogP contribution in [0, 0.1) is 27.7 Å². The van der Waals surface area contributed by atoms with Crippen LogP contribution in [-0.4, -0.2) is 58.0 Å². The summed E-state index contributed by atoms with van der Waals surface area (Å²) < 4.78 is 30.1. The Morgan fingerprint density at radius 2 is 1.00 bits per heavy atom. The van der Waals surface area contributed by atoms with Crippen LogP contribution < -0.4 is 9.47 Å². The number of carboxylic acid groups (broad SMARTS) is 1. The summed E-state index contributed by atoms with van der Waals surface area (Å²) in [5.74, 6) is 0.285. The number of esters is 1. The molecule has 10 heteroatoms. The number of benzene rings is 6. The van der Waals surface area contributed by atoms with Crippen molar-refractivity contribution in [3.05, 3.63) is 142 Å². The molecule has 0 radical (unpaired) electrons. The minimum Gasteiger partial charge on any atom is -0.493 e. The van der Waals surface area contributed by atoms with Gasteiger partial charge in [0.15, 0.2) is 12.2 Å². The van der Waals surface area contributed by atoms with E-state index in [-0.39, 0.29) is 12.6 Å². The molecule has 10 nitrogen and oxygen atoms in total. The van der Waals surface area contributed by atoms with Crippen LogP contribution in [-0.2, 0) is 36.6 Å². The van der Waals surface area contributed by atoms with Crippen LogP contribution in [0.2, 0.25) is 0 Å². The Morgan fingerprint density at radius 1 is 0.586 bits per heavy atom. The van der Waals surface area contributed by atoms with Crippen LogP contribution in [0.15, 0.2) is 97.3 Å². The highest BCUT2D eigenvalue weighted by Crippen LogP contribution is 2.48. The van der Waals surface area contributed by atoms with Gasteiger partial charge in [0, 0.05) is 58.3 Å². The zero-order valence-electron chi connectivity index (χ0n) is 42.1. The predicted molar refractivity (Wildman–Crippen MR) is 278 cm³/mol. The van der Waals surface area contributed by atoms with Gasteiger partial charge in [-0.3, -0.25) is 9.97 Å². The van der Waals surface area contributed by atoms with E-state index in [9.17, 15) is 14.7 Å². The molecule has 0 bridgehead atoms. The number of nitrogens with zero attached hydrogens (tertiary/aromatic N) is 2. The first-order valence-electron chi connectivity index (χ1n) is 24.2. The lowest BCUT2D eigenvalue weighted by Gasteiger charge is -2.31. The maximum atomic E-state index is 13.4. The van der Waals surface area contributed by atoms with Crippen LogP contribution in [0.4, 0.5) is 0 Å². The average molecular weight is 939 g/mol.